The van der Waals surface area contributed by atoms with E-state index in [1.54, 1.807) is 11.3 Å². The highest BCUT2D eigenvalue weighted by atomic mass is 127. The molecule has 0 radical (unpaired) electrons. The molecule has 0 unspecified atom stereocenters. The third kappa shape index (κ3) is 9.53. The van der Waals surface area contributed by atoms with E-state index in [9.17, 15) is 0 Å². The van der Waals surface area contributed by atoms with Gasteiger partial charge in [0.1, 0.15) is 0 Å². The van der Waals surface area contributed by atoms with Crippen molar-refractivity contribution in [1.29, 1.82) is 0 Å². The van der Waals surface area contributed by atoms with Crippen LogP contribution >= 0.6 is 35.3 Å². The zero-order valence-corrected chi connectivity index (χ0v) is 19.8. The van der Waals surface area contributed by atoms with Gasteiger partial charge in [0.15, 0.2) is 5.96 Å². The van der Waals surface area contributed by atoms with Crippen LogP contribution in [0.25, 0.3) is 0 Å². The van der Waals surface area contributed by atoms with E-state index >= 15 is 0 Å². The molecule has 5 nitrogen and oxygen atoms in total. The number of nitrogens with one attached hydrogen (secondary N) is 3. The van der Waals surface area contributed by atoms with Crippen LogP contribution in [0.3, 0.4) is 0 Å². The van der Waals surface area contributed by atoms with E-state index in [0.717, 1.165) is 45.2 Å². The monoisotopic (exact) mass is 493 g/mol. The van der Waals surface area contributed by atoms with Gasteiger partial charge in [0.05, 0.1) is 6.54 Å². The molecule has 0 amide bonds. The van der Waals surface area contributed by atoms with Gasteiger partial charge < -0.3 is 16.0 Å². The van der Waals surface area contributed by atoms with E-state index in [1.165, 1.54) is 18.4 Å². The van der Waals surface area contributed by atoms with Gasteiger partial charge >= 0.3 is 0 Å². The summed E-state index contributed by atoms with van der Waals surface area (Å²) in [5.41, 5.74) is 1.59. The molecule has 26 heavy (non-hydrogen) atoms. The second-order valence-electron chi connectivity index (χ2n) is 7.76. The van der Waals surface area contributed by atoms with Gasteiger partial charge in [0, 0.05) is 44.3 Å². The number of rotatable bonds is 7. The molecule has 0 spiro atoms. The highest BCUT2D eigenvalue weighted by Gasteiger charge is 2.20. The summed E-state index contributed by atoms with van der Waals surface area (Å²) in [5.74, 6) is 0.953. The van der Waals surface area contributed by atoms with Crippen molar-refractivity contribution in [2.24, 2.45) is 4.99 Å². The van der Waals surface area contributed by atoms with E-state index in [1.807, 2.05) is 0 Å². The van der Waals surface area contributed by atoms with Crippen LogP contribution < -0.4 is 16.0 Å². The molecule has 0 aliphatic carbocycles. The first-order valence-corrected chi connectivity index (χ1v) is 10.4. The van der Waals surface area contributed by atoms with Gasteiger partial charge in [-0.2, -0.15) is 11.3 Å². The summed E-state index contributed by atoms with van der Waals surface area (Å²) in [5, 5.41) is 14.9. The molecular weight excluding hydrogens is 457 g/mol. The maximum atomic E-state index is 4.71. The number of piperidine rings is 1. The number of hydrogen-bond acceptors (Lipinski definition) is 4. The van der Waals surface area contributed by atoms with E-state index in [0.29, 0.717) is 6.04 Å². The molecule has 150 valence electrons. The van der Waals surface area contributed by atoms with E-state index in [-0.39, 0.29) is 29.5 Å². The predicted molar refractivity (Wildman–Crippen MR) is 125 cm³/mol. The third-order valence-corrected chi connectivity index (χ3v) is 5.03. The first kappa shape index (κ1) is 23.7. The molecule has 0 aromatic carbocycles. The smallest absolute Gasteiger partial charge is 0.191 e. The summed E-state index contributed by atoms with van der Waals surface area (Å²) in [6, 6.07) is 2.75. The molecule has 0 bridgehead atoms. The Morgan fingerprint density at radius 3 is 2.62 bits per heavy atom. The number of guanidine groups is 1. The van der Waals surface area contributed by atoms with Gasteiger partial charge in [0.2, 0.25) is 0 Å². The lowest BCUT2D eigenvalue weighted by Crippen LogP contribution is -2.48. The Balaban J connectivity index is 0.00000338. The lowest BCUT2D eigenvalue weighted by molar-refractivity contribution is 0.198. The largest absolute Gasteiger partial charge is 0.357 e. The van der Waals surface area contributed by atoms with Crippen LogP contribution in [0.1, 0.15) is 46.1 Å². The van der Waals surface area contributed by atoms with Crippen LogP contribution in [0.15, 0.2) is 21.8 Å². The zero-order chi connectivity index (χ0) is 18.1. The first-order valence-electron chi connectivity index (χ1n) is 9.49. The number of thiophene rings is 1. The normalized spacial score (nSPS) is 17.0. The van der Waals surface area contributed by atoms with Gasteiger partial charge in [-0.25, -0.2) is 0 Å². The SMILES string of the molecule is CCNC(=NCCNC(C)(C)C)NC1CCN(Cc2ccsc2)CC1.I. The van der Waals surface area contributed by atoms with Crippen molar-refractivity contribution < 1.29 is 0 Å². The molecular formula is C19H36IN5S. The molecule has 2 rings (SSSR count). The van der Waals surface area contributed by atoms with Crippen molar-refractivity contribution in [3.05, 3.63) is 22.4 Å². The highest BCUT2D eigenvalue weighted by Crippen LogP contribution is 2.15. The molecule has 1 fully saturated rings. The zero-order valence-electron chi connectivity index (χ0n) is 16.7. The Morgan fingerprint density at radius 1 is 1.31 bits per heavy atom. The third-order valence-electron chi connectivity index (χ3n) is 4.30. The molecule has 1 aromatic rings. The topological polar surface area (TPSA) is 51.7 Å². The highest BCUT2D eigenvalue weighted by molar-refractivity contribution is 14.0. The summed E-state index contributed by atoms with van der Waals surface area (Å²) in [4.78, 5) is 7.26. The quantitative estimate of drug-likeness (QED) is 0.236. The van der Waals surface area contributed by atoms with Crippen molar-refractivity contribution in [2.45, 2.75) is 58.7 Å². The van der Waals surface area contributed by atoms with Gasteiger partial charge in [-0.15, -0.1) is 24.0 Å². The van der Waals surface area contributed by atoms with Crippen molar-refractivity contribution in [3.63, 3.8) is 0 Å². The molecule has 7 heteroatoms. The fourth-order valence-electron chi connectivity index (χ4n) is 2.99. The Morgan fingerprint density at radius 2 is 2.04 bits per heavy atom. The Kier molecular flexibility index (Phi) is 11.1. The van der Waals surface area contributed by atoms with E-state index in [4.69, 9.17) is 4.99 Å². The second kappa shape index (κ2) is 12.2. The van der Waals surface area contributed by atoms with Crippen LogP contribution in [-0.4, -0.2) is 55.2 Å². The van der Waals surface area contributed by atoms with Crippen LogP contribution in [0, 0.1) is 0 Å². The van der Waals surface area contributed by atoms with Gasteiger partial charge in [0.25, 0.3) is 0 Å². The second-order valence-corrected chi connectivity index (χ2v) is 8.54. The molecule has 1 aromatic heterocycles. The fraction of sp³-hybridized carbons (Fsp3) is 0.737. The predicted octanol–water partition coefficient (Wildman–Crippen LogP) is 3.27. The molecule has 1 saturated heterocycles. The van der Waals surface area contributed by atoms with Crippen molar-refractivity contribution >= 4 is 41.3 Å². The molecule has 1 aliphatic rings. The van der Waals surface area contributed by atoms with Crippen molar-refractivity contribution in [1.82, 2.24) is 20.9 Å². The Bertz CT molecular complexity index is 504. The number of likely N-dealkylation sites (tertiary alicyclic amines) is 1. The summed E-state index contributed by atoms with van der Waals surface area (Å²) >= 11 is 1.79. The van der Waals surface area contributed by atoms with Gasteiger partial charge in [-0.1, -0.05) is 0 Å². The number of nitrogens with zero attached hydrogens (tertiary/aromatic N) is 2. The Labute approximate surface area is 180 Å². The maximum absolute atomic E-state index is 4.71. The van der Waals surface area contributed by atoms with Crippen LogP contribution in [0.4, 0.5) is 0 Å². The molecule has 2 heterocycles. The average molecular weight is 494 g/mol. The lowest BCUT2D eigenvalue weighted by atomic mass is 10.0. The van der Waals surface area contributed by atoms with Gasteiger partial charge in [-0.3, -0.25) is 9.89 Å². The fourth-order valence-corrected chi connectivity index (χ4v) is 3.65. The average Bonchev–Trinajstić information content (AvgIpc) is 3.05. The molecule has 0 atom stereocenters. The van der Waals surface area contributed by atoms with Crippen LogP contribution in [-0.2, 0) is 6.54 Å². The van der Waals surface area contributed by atoms with Crippen molar-refractivity contribution in [2.75, 3.05) is 32.7 Å². The standard InChI is InChI=1S/C19H35N5S.HI/c1-5-20-18(21-9-10-22-19(2,3)4)23-17-6-11-24(12-7-17)14-16-8-13-25-15-16;/h8,13,15,17,22H,5-7,9-12,14H2,1-4H3,(H2,20,21,23);1H. The van der Waals surface area contributed by atoms with E-state index < -0.39 is 0 Å². The molecule has 1 aliphatic heterocycles. The summed E-state index contributed by atoms with van der Waals surface area (Å²) in [6.07, 6.45) is 2.35. The number of hydrogen-bond donors (Lipinski definition) is 3. The minimum absolute atomic E-state index is 0. The van der Waals surface area contributed by atoms with Gasteiger partial charge in [-0.05, 0) is 62.9 Å². The summed E-state index contributed by atoms with van der Waals surface area (Å²) < 4.78 is 0. The maximum Gasteiger partial charge on any atom is 0.191 e. The lowest BCUT2D eigenvalue weighted by Gasteiger charge is -2.33. The summed E-state index contributed by atoms with van der Waals surface area (Å²) in [7, 11) is 0. The van der Waals surface area contributed by atoms with Crippen molar-refractivity contribution in [3.8, 4) is 0 Å². The first-order chi connectivity index (χ1) is 12.0. The van der Waals surface area contributed by atoms with E-state index in [2.05, 4.69) is 65.4 Å². The number of halogens is 1. The minimum atomic E-state index is 0. The summed E-state index contributed by atoms with van der Waals surface area (Å²) in [6.45, 7) is 14.7. The number of aliphatic imine (C=N–C) groups is 1. The van der Waals surface area contributed by atoms with Crippen LogP contribution in [0.5, 0.6) is 0 Å². The molecule has 3 N–H and O–H groups in total. The van der Waals surface area contributed by atoms with Crippen LogP contribution in [0.2, 0.25) is 0 Å². The minimum Gasteiger partial charge on any atom is -0.357 e. The molecule has 0 saturated carbocycles. The Hall–Kier alpha value is -0.380.